The molecule has 0 N–H and O–H groups in total. The predicted octanol–water partition coefficient (Wildman–Crippen LogP) is 3.96. The molecular weight excluding hydrogens is 358 g/mol. The van der Waals surface area contributed by atoms with Crippen LogP contribution in [0.5, 0.6) is 0 Å². The molecule has 1 rings (SSSR count). The van der Waals surface area contributed by atoms with Crippen LogP contribution in [0, 0.1) is 0 Å². The van der Waals surface area contributed by atoms with Gasteiger partial charge in [-0.25, -0.2) is 0 Å². The summed E-state index contributed by atoms with van der Waals surface area (Å²) in [5, 5.41) is 0. The van der Waals surface area contributed by atoms with Crippen LogP contribution in [-0.2, 0) is 20.7 Å². The van der Waals surface area contributed by atoms with Gasteiger partial charge in [0.05, 0.1) is 0 Å². The molecule has 0 spiro atoms. The Morgan fingerprint density at radius 2 is 1.83 bits per heavy atom. The molecule has 0 saturated carbocycles. The third-order valence-corrected chi connectivity index (χ3v) is 4.06. The van der Waals surface area contributed by atoms with Crippen molar-refractivity contribution in [3.8, 4) is 0 Å². The fourth-order valence-electron chi connectivity index (χ4n) is 2.11. The zero-order chi connectivity index (χ0) is 17.5. The van der Waals surface area contributed by atoms with E-state index in [0.717, 1.165) is 10.0 Å². The normalized spacial score (nSPS) is 11.2. The van der Waals surface area contributed by atoms with Gasteiger partial charge in [-0.05, 0) is 45.2 Å². The second-order valence-electron chi connectivity index (χ2n) is 6.60. The van der Waals surface area contributed by atoms with Gasteiger partial charge >= 0.3 is 5.97 Å². The maximum Gasteiger partial charge on any atom is 0.306 e. The van der Waals surface area contributed by atoms with E-state index in [9.17, 15) is 9.59 Å². The summed E-state index contributed by atoms with van der Waals surface area (Å²) in [4.78, 5) is 25.4. The Hall–Kier alpha value is -1.36. The third-order valence-electron chi connectivity index (χ3n) is 3.29. The highest BCUT2D eigenvalue weighted by atomic mass is 79.9. The first-order valence-corrected chi connectivity index (χ1v) is 8.67. The fourth-order valence-corrected chi connectivity index (χ4v) is 2.59. The van der Waals surface area contributed by atoms with E-state index in [1.54, 1.807) is 11.9 Å². The van der Waals surface area contributed by atoms with Gasteiger partial charge in [0.1, 0.15) is 5.60 Å². The smallest absolute Gasteiger partial charge is 0.306 e. The monoisotopic (exact) mass is 383 g/mol. The lowest BCUT2D eigenvalue weighted by molar-refractivity contribution is -0.155. The average molecular weight is 384 g/mol. The lowest BCUT2D eigenvalue weighted by Gasteiger charge is -2.20. The quantitative estimate of drug-likeness (QED) is 0.669. The van der Waals surface area contributed by atoms with Crippen LogP contribution in [0.4, 0.5) is 0 Å². The Kier molecular flexibility index (Phi) is 7.76. The third kappa shape index (κ3) is 8.16. The summed E-state index contributed by atoms with van der Waals surface area (Å²) in [6, 6.07) is 7.91. The molecule has 1 aromatic rings. The molecule has 0 fully saturated rings. The second-order valence-corrected chi connectivity index (χ2v) is 7.45. The predicted molar refractivity (Wildman–Crippen MR) is 95.2 cm³/mol. The first kappa shape index (κ1) is 19.7. The van der Waals surface area contributed by atoms with E-state index in [2.05, 4.69) is 15.9 Å². The topological polar surface area (TPSA) is 46.6 Å². The number of benzene rings is 1. The lowest BCUT2D eigenvalue weighted by Crippen LogP contribution is -2.29. The van der Waals surface area contributed by atoms with E-state index in [4.69, 9.17) is 4.74 Å². The van der Waals surface area contributed by atoms with Crippen molar-refractivity contribution in [3.63, 3.8) is 0 Å². The standard InChI is InChI=1S/C18H26BrNO3/c1-18(2,3)23-17(22)10-7-13-20(4)16(21)12-11-14-8-5-6-9-15(14)19/h5-6,8-9H,7,10-13H2,1-4H3. The Morgan fingerprint density at radius 1 is 1.17 bits per heavy atom. The first-order valence-electron chi connectivity index (χ1n) is 7.88. The molecule has 0 bridgehead atoms. The summed E-state index contributed by atoms with van der Waals surface area (Å²) in [6.45, 7) is 6.11. The Labute approximate surface area is 147 Å². The van der Waals surface area contributed by atoms with Crippen molar-refractivity contribution in [2.45, 2.75) is 52.1 Å². The first-order chi connectivity index (χ1) is 10.7. The number of ether oxygens (including phenoxy) is 1. The summed E-state index contributed by atoms with van der Waals surface area (Å²) in [5.41, 5.74) is 0.671. The Balaban J connectivity index is 2.29. The van der Waals surface area contributed by atoms with Crippen LogP contribution < -0.4 is 0 Å². The maximum atomic E-state index is 12.1. The number of hydrogen-bond acceptors (Lipinski definition) is 3. The van der Waals surface area contributed by atoms with Crippen molar-refractivity contribution in [3.05, 3.63) is 34.3 Å². The van der Waals surface area contributed by atoms with E-state index < -0.39 is 5.60 Å². The molecule has 23 heavy (non-hydrogen) atoms. The highest BCUT2D eigenvalue weighted by Crippen LogP contribution is 2.17. The molecule has 1 aromatic carbocycles. The van der Waals surface area contributed by atoms with Gasteiger partial charge in [-0.1, -0.05) is 34.1 Å². The minimum absolute atomic E-state index is 0.0879. The molecule has 0 aromatic heterocycles. The van der Waals surface area contributed by atoms with Crippen LogP contribution in [0.1, 0.15) is 45.6 Å². The van der Waals surface area contributed by atoms with E-state index in [1.165, 1.54) is 0 Å². The molecule has 4 nitrogen and oxygen atoms in total. The maximum absolute atomic E-state index is 12.1. The highest BCUT2D eigenvalue weighted by molar-refractivity contribution is 9.10. The number of halogens is 1. The number of carbonyl (C=O) groups is 2. The van der Waals surface area contributed by atoms with Crippen molar-refractivity contribution >= 4 is 27.8 Å². The van der Waals surface area contributed by atoms with E-state index in [0.29, 0.717) is 32.2 Å². The Bertz CT molecular complexity index is 537. The van der Waals surface area contributed by atoms with E-state index in [1.807, 2.05) is 45.0 Å². The van der Waals surface area contributed by atoms with Gasteiger partial charge in [0.2, 0.25) is 5.91 Å². The molecule has 0 aliphatic carbocycles. The van der Waals surface area contributed by atoms with Crippen molar-refractivity contribution in [1.82, 2.24) is 4.90 Å². The molecule has 1 amide bonds. The number of esters is 1. The second kappa shape index (κ2) is 9.06. The van der Waals surface area contributed by atoms with Gasteiger partial charge in [-0.3, -0.25) is 9.59 Å². The zero-order valence-corrected chi connectivity index (χ0v) is 16.0. The van der Waals surface area contributed by atoms with Crippen molar-refractivity contribution in [2.75, 3.05) is 13.6 Å². The van der Waals surface area contributed by atoms with Crippen molar-refractivity contribution in [2.24, 2.45) is 0 Å². The fraction of sp³-hybridized carbons (Fsp3) is 0.556. The van der Waals surface area contributed by atoms with Crippen LogP contribution in [-0.4, -0.2) is 36.0 Å². The van der Waals surface area contributed by atoms with Gasteiger partial charge in [0, 0.05) is 30.9 Å². The summed E-state index contributed by atoms with van der Waals surface area (Å²) in [7, 11) is 1.78. The summed E-state index contributed by atoms with van der Waals surface area (Å²) < 4.78 is 6.28. The molecule has 0 unspecified atom stereocenters. The molecule has 0 heterocycles. The number of amides is 1. The van der Waals surface area contributed by atoms with Crippen LogP contribution in [0.15, 0.2) is 28.7 Å². The molecule has 0 atom stereocenters. The van der Waals surface area contributed by atoms with Crippen LogP contribution in [0.2, 0.25) is 0 Å². The SMILES string of the molecule is CN(CCCC(=O)OC(C)(C)C)C(=O)CCc1ccccc1Br. The summed E-state index contributed by atoms with van der Waals surface area (Å²) in [5.74, 6) is -0.128. The van der Waals surface area contributed by atoms with E-state index >= 15 is 0 Å². The van der Waals surface area contributed by atoms with Crippen molar-refractivity contribution in [1.29, 1.82) is 0 Å². The molecule has 0 aliphatic heterocycles. The summed E-state index contributed by atoms with van der Waals surface area (Å²) >= 11 is 3.49. The van der Waals surface area contributed by atoms with Gasteiger partial charge in [-0.2, -0.15) is 0 Å². The van der Waals surface area contributed by atoms with Crippen LogP contribution in [0.25, 0.3) is 0 Å². The number of rotatable bonds is 7. The number of aryl methyl sites for hydroxylation is 1. The molecule has 5 heteroatoms. The average Bonchev–Trinajstić information content (AvgIpc) is 2.44. The number of carbonyl (C=O) groups excluding carboxylic acids is 2. The molecule has 0 radical (unpaired) electrons. The highest BCUT2D eigenvalue weighted by Gasteiger charge is 2.16. The van der Waals surface area contributed by atoms with Gasteiger partial charge in [-0.15, -0.1) is 0 Å². The minimum atomic E-state index is -0.456. The molecule has 0 saturated heterocycles. The largest absolute Gasteiger partial charge is 0.460 e. The molecular formula is C18H26BrNO3. The lowest BCUT2D eigenvalue weighted by atomic mass is 10.1. The zero-order valence-electron chi connectivity index (χ0n) is 14.4. The van der Waals surface area contributed by atoms with Crippen molar-refractivity contribution < 1.29 is 14.3 Å². The van der Waals surface area contributed by atoms with Gasteiger partial charge in [0.15, 0.2) is 0 Å². The minimum Gasteiger partial charge on any atom is -0.460 e. The van der Waals surface area contributed by atoms with Crippen LogP contribution in [0.3, 0.4) is 0 Å². The molecule has 0 aliphatic rings. The van der Waals surface area contributed by atoms with Gasteiger partial charge in [0.25, 0.3) is 0 Å². The van der Waals surface area contributed by atoms with Gasteiger partial charge < -0.3 is 9.64 Å². The van der Waals surface area contributed by atoms with E-state index in [-0.39, 0.29) is 11.9 Å². The summed E-state index contributed by atoms with van der Waals surface area (Å²) in [6.07, 6.45) is 2.12. The van der Waals surface area contributed by atoms with Crippen LogP contribution >= 0.6 is 15.9 Å². The molecule has 128 valence electrons. The number of nitrogens with zero attached hydrogens (tertiary/aromatic N) is 1. The Morgan fingerprint density at radius 3 is 2.43 bits per heavy atom. The number of hydrogen-bond donors (Lipinski definition) is 0.